The van der Waals surface area contributed by atoms with Crippen LogP contribution in [0.3, 0.4) is 0 Å². The maximum Gasteiger partial charge on any atom is 0.172 e. The van der Waals surface area contributed by atoms with Gasteiger partial charge in [-0.25, -0.2) is 0 Å². The Bertz CT molecular complexity index is 503. The maximum absolute atomic E-state index is 12.2. The minimum atomic E-state index is -1.98. The van der Waals surface area contributed by atoms with Crippen LogP contribution in [-0.4, -0.2) is 24.1 Å². The number of ether oxygens (including phenoxy) is 1. The van der Waals surface area contributed by atoms with Gasteiger partial charge >= 0.3 is 0 Å². The maximum atomic E-state index is 12.2. The number of methoxy groups -OCH3 is 1. The number of Topliss-reactive ketones (excluding diaryl/α,β-unsaturated/α-hetero) is 1. The average molecular weight is 231 g/mol. The molecule has 0 bridgehead atoms. The molecule has 1 aromatic rings. The molecule has 0 spiro atoms. The van der Waals surface area contributed by atoms with Gasteiger partial charge in [0, 0.05) is 5.56 Å². The van der Waals surface area contributed by atoms with Gasteiger partial charge in [0.1, 0.15) is 5.76 Å². The van der Waals surface area contributed by atoms with E-state index in [4.69, 9.17) is 6.11 Å². The van der Waals surface area contributed by atoms with E-state index in [9.17, 15) is 9.90 Å². The van der Waals surface area contributed by atoms with Crippen molar-refractivity contribution < 1.29 is 16.0 Å². The first-order valence-corrected chi connectivity index (χ1v) is 5.31. The van der Waals surface area contributed by atoms with Crippen molar-refractivity contribution in [3.8, 4) is 0 Å². The van der Waals surface area contributed by atoms with Crippen LogP contribution in [0.5, 0.6) is 0 Å². The summed E-state index contributed by atoms with van der Waals surface area (Å²) in [5, 5.41) is 10.0. The number of hydrogen-bond acceptors (Lipinski definition) is 3. The van der Waals surface area contributed by atoms with Crippen LogP contribution in [0, 0.1) is 5.92 Å². The van der Waals surface area contributed by atoms with Gasteiger partial charge in [0.2, 0.25) is 0 Å². The molecule has 0 saturated carbocycles. The van der Waals surface area contributed by atoms with Gasteiger partial charge in [-0.05, 0) is 12.2 Å². The lowest BCUT2D eigenvalue weighted by atomic mass is 9.89. The lowest BCUT2D eigenvalue weighted by Crippen LogP contribution is -2.27. The number of rotatable bonds is 3. The smallest absolute Gasteiger partial charge is 0.172 e. The lowest BCUT2D eigenvalue weighted by molar-refractivity contribution is 0.0830. The number of ketones is 1. The van der Waals surface area contributed by atoms with Crippen molar-refractivity contribution in [3.05, 3.63) is 59.9 Å². The standard InChI is InChI=1S/C14H14O3/c1-17-11-7-8-12(13(15)9-11)14(16)10-5-3-2-4-6-10/h2-9,12-13,15H,1H3/i13D. The first kappa shape index (κ1) is 10.3. The Kier molecular flexibility index (Phi) is 3.01. The van der Waals surface area contributed by atoms with Gasteiger partial charge in [-0.1, -0.05) is 36.4 Å². The quantitative estimate of drug-likeness (QED) is 0.809. The Labute approximate surface area is 101 Å². The molecule has 0 heterocycles. The molecule has 17 heavy (non-hydrogen) atoms. The molecule has 1 aliphatic rings. The Morgan fingerprint density at radius 2 is 2.12 bits per heavy atom. The summed E-state index contributed by atoms with van der Waals surface area (Å²) >= 11 is 0. The van der Waals surface area contributed by atoms with E-state index in [2.05, 4.69) is 0 Å². The molecule has 3 nitrogen and oxygen atoms in total. The van der Waals surface area contributed by atoms with E-state index >= 15 is 0 Å². The molecular weight excluding hydrogens is 216 g/mol. The van der Waals surface area contributed by atoms with E-state index in [1.165, 1.54) is 19.3 Å². The van der Waals surface area contributed by atoms with Gasteiger partial charge < -0.3 is 9.84 Å². The van der Waals surface area contributed by atoms with E-state index < -0.39 is 12.0 Å². The third kappa shape index (κ3) is 2.45. The Balaban J connectivity index is 2.28. The predicted octanol–water partition coefficient (Wildman–Crippen LogP) is 1.95. The number of carbonyl (C=O) groups excluding carboxylic acids is 1. The summed E-state index contributed by atoms with van der Waals surface area (Å²) in [5.74, 6) is -0.820. The summed E-state index contributed by atoms with van der Waals surface area (Å²) in [6.45, 7) is 0. The summed E-state index contributed by atoms with van der Waals surface area (Å²) in [6.07, 6.45) is 2.35. The Hall–Kier alpha value is -1.87. The third-order valence-corrected chi connectivity index (χ3v) is 2.64. The fourth-order valence-corrected chi connectivity index (χ4v) is 1.70. The molecule has 0 aliphatic heterocycles. The second-order valence-electron chi connectivity index (χ2n) is 3.74. The molecule has 1 N–H and O–H groups in total. The van der Waals surface area contributed by atoms with Crippen LogP contribution in [-0.2, 0) is 4.74 Å². The summed E-state index contributed by atoms with van der Waals surface area (Å²) in [5.41, 5.74) is 0.479. The number of benzene rings is 1. The van der Waals surface area contributed by atoms with Crippen molar-refractivity contribution in [1.29, 1.82) is 0 Å². The van der Waals surface area contributed by atoms with E-state index in [-0.39, 0.29) is 5.78 Å². The molecule has 0 fully saturated rings. The molecule has 2 unspecified atom stereocenters. The van der Waals surface area contributed by atoms with Gasteiger partial charge in [0.15, 0.2) is 5.78 Å². The molecule has 0 saturated heterocycles. The normalized spacial score (nSPS) is 28.2. The predicted molar refractivity (Wildman–Crippen MR) is 64.5 cm³/mol. The molecule has 0 radical (unpaired) electrons. The minimum absolute atomic E-state index is 0.282. The number of aliphatic hydroxyl groups is 1. The van der Waals surface area contributed by atoms with Crippen LogP contribution < -0.4 is 0 Å². The summed E-state index contributed by atoms with van der Waals surface area (Å²) in [6, 6.07) is 8.64. The zero-order valence-corrected chi connectivity index (χ0v) is 9.46. The molecule has 0 aromatic heterocycles. The van der Waals surface area contributed by atoms with Crippen LogP contribution in [0.25, 0.3) is 0 Å². The SMILES string of the molecule is [2H]C1(O)C=C(OC)C=CC1C(=O)c1ccccc1. The third-order valence-electron chi connectivity index (χ3n) is 2.64. The summed E-state index contributed by atoms with van der Waals surface area (Å²) in [4.78, 5) is 12.2. The number of hydrogen-bond donors (Lipinski definition) is 1. The first-order chi connectivity index (χ1) is 8.54. The lowest BCUT2D eigenvalue weighted by Gasteiger charge is -2.20. The monoisotopic (exact) mass is 231 g/mol. The molecule has 1 aliphatic carbocycles. The van der Waals surface area contributed by atoms with E-state index in [1.54, 1.807) is 30.3 Å². The zero-order valence-electron chi connectivity index (χ0n) is 10.5. The van der Waals surface area contributed by atoms with E-state index in [0.29, 0.717) is 11.3 Å². The van der Waals surface area contributed by atoms with Crippen molar-refractivity contribution in [1.82, 2.24) is 0 Å². The average Bonchev–Trinajstić information content (AvgIpc) is 2.38. The molecule has 0 amide bonds. The highest BCUT2D eigenvalue weighted by Gasteiger charge is 2.26. The van der Waals surface area contributed by atoms with Crippen LogP contribution >= 0.6 is 0 Å². The topological polar surface area (TPSA) is 46.5 Å². The van der Waals surface area contributed by atoms with Gasteiger partial charge in [0.05, 0.1) is 20.5 Å². The van der Waals surface area contributed by atoms with E-state index in [0.717, 1.165) is 0 Å². The number of allylic oxidation sites excluding steroid dienone is 1. The second kappa shape index (κ2) is 4.97. The van der Waals surface area contributed by atoms with Crippen molar-refractivity contribution in [2.24, 2.45) is 5.92 Å². The van der Waals surface area contributed by atoms with Crippen molar-refractivity contribution in [2.75, 3.05) is 7.11 Å². The van der Waals surface area contributed by atoms with Gasteiger partial charge in [-0.3, -0.25) is 4.79 Å². The molecule has 2 rings (SSSR count). The molecule has 2 atom stereocenters. The summed E-state index contributed by atoms with van der Waals surface area (Å²) in [7, 11) is 1.45. The first-order valence-electron chi connectivity index (χ1n) is 5.81. The highest BCUT2D eigenvalue weighted by Crippen LogP contribution is 2.21. The zero-order chi connectivity index (χ0) is 13.2. The highest BCUT2D eigenvalue weighted by atomic mass is 16.5. The largest absolute Gasteiger partial charge is 0.497 e. The van der Waals surface area contributed by atoms with Crippen molar-refractivity contribution >= 4 is 5.78 Å². The second-order valence-corrected chi connectivity index (χ2v) is 3.74. The van der Waals surface area contributed by atoms with Crippen LogP contribution in [0.2, 0.25) is 0 Å². The van der Waals surface area contributed by atoms with Crippen LogP contribution in [0.4, 0.5) is 0 Å². The van der Waals surface area contributed by atoms with E-state index in [1.807, 2.05) is 6.07 Å². The van der Waals surface area contributed by atoms with Crippen molar-refractivity contribution in [3.63, 3.8) is 0 Å². The fraction of sp³-hybridized carbons (Fsp3) is 0.214. The molecule has 1 aromatic carbocycles. The Morgan fingerprint density at radius 1 is 1.41 bits per heavy atom. The molecular formula is C14H14O3. The fourth-order valence-electron chi connectivity index (χ4n) is 1.70. The van der Waals surface area contributed by atoms with Crippen LogP contribution in [0.1, 0.15) is 11.7 Å². The van der Waals surface area contributed by atoms with Gasteiger partial charge in [-0.15, -0.1) is 0 Å². The summed E-state index contributed by atoms with van der Waals surface area (Å²) < 4.78 is 12.8. The van der Waals surface area contributed by atoms with Gasteiger partial charge in [0.25, 0.3) is 0 Å². The minimum Gasteiger partial charge on any atom is -0.497 e. The van der Waals surface area contributed by atoms with Crippen molar-refractivity contribution in [2.45, 2.75) is 6.08 Å². The molecule has 3 heteroatoms. The number of carbonyl (C=O) groups is 1. The Morgan fingerprint density at radius 3 is 2.71 bits per heavy atom. The molecule has 88 valence electrons. The highest BCUT2D eigenvalue weighted by molar-refractivity contribution is 5.99. The van der Waals surface area contributed by atoms with Gasteiger partial charge in [-0.2, -0.15) is 0 Å². The van der Waals surface area contributed by atoms with Crippen LogP contribution in [0.15, 0.2) is 54.3 Å².